The predicted molar refractivity (Wildman–Crippen MR) is 77.9 cm³/mol. The second kappa shape index (κ2) is 5.62. The molecule has 1 aliphatic carbocycles. The Hall–Kier alpha value is -0.650. The van der Waals surface area contributed by atoms with Crippen LogP contribution in [0.4, 0.5) is 0 Å². The average molecular weight is 284 g/mol. The molecule has 20 heavy (non-hydrogen) atoms. The highest BCUT2D eigenvalue weighted by Crippen LogP contribution is 2.34. The maximum atomic E-state index is 11.6. The van der Waals surface area contributed by atoms with E-state index in [0.29, 0.717) is 12.5 Å². The number of hydrogen-bond acceptors (Lipinski definition) is 4. The second-order valence-corrected chi connectivity index (χ2v) is 7.01. The maximum Gasteiger partial charge on any atom is 0.323 e. The smallest absolute Gasteiger partial charge is 0.323 e. The number of carboxylic acids is 1. The zero-order valence-corrected chi connectivity index (χ0v) is 13.1. The third-order valence-electron chi connectivity index (χ3n) is 4.73. The van der Waals surface area contributed by atoms with Crippen molar-refractivity contribution in [3.8, 4) is 0 Å². The summed E-state index contributed by atoms with van der Waals surface area (Å²) in [6.07, 6.45) is 3.65. The van der Waals surface area contributed by atoms with Crippen molar-refractivity contribution >= 4 is 5.97 Å². The summed E-state index contributed by atoms with van der Waals surface area (Å²) in [6.45, 7) is 8.09. The van der Waals surface area contributed by atoms with Crippen molar-refractivity contribution in [3.05, 3.63) is 0 Å². The molecule has 0 radical (unpaired) electrons. The lowest BCUT2D eigenvalue weighted by molar-refractivity contribution is -0.153. The number of nitrogens with zero attached hydrogens (tertiary/aromatic N) is 1. The molecule has 0 aromatic heterocycles. The summed E-state index contributed by atoms with van der Waals surface area (Å²) in [5, 5.41) is 12.6. The Labute approximate surface area is 121 Å². The number of rotatable bonds is 3. The fourth-order valence-electron chi connectivity index (χ4n) is 3.87. The molecule has 2 N–H and O–H groups in total. The van der Waals surface area contributed by atoms with E-state index in [1.54, 1.807) is 7.05 Å². The van der Waals surface area contributed by atoms with Crippen molar-refractivity contribution in [2.75, 3.05) is 20.1 Å². The van der Waals surface area contributed by atoms with Gasteiger partial charge in [0.25, 0.3) is 0 Å². The largest absolute Gasteiger partial charge is 0.480 e. The van der Waals surface area contributed by atoms with E-state index < -0.39 is 11.5 Å². The molecule has 3 unspecified atom stereocenters. The van der Waals surface area contributed by atoms with E-state index >= 15 is 0 Å². The molecule has 0 aromatic carbocycles. The summed E-state index contributed by atoms with van der Waals surface area (Å²) < 4.78 is 5.95. The van der Waals surface area contributed by atoms with Crippen LogP contribution in [-0.4, -0.2) is 59.4 Å². The molecule has 0 aromatic rings. The molecule has 2 rings (SSSR count). The summed E-state index contributed by atoms with van der Waals surface area (Å²) >= 11 is 0. The minimum absolute atomic E-state index is 0.152. The molecule has 5 nitrogen and oxygen atoms in total. The number of nitrogens with one attached hydrogen (secondary N) is 1. The Morgan fingerprint density at radius 3 is 2.70 bits per heavy atom. The van der Waals surface area contributed by atoms with Crippen molar-refractivity contribution < 1.29 is 14.6 Å². The van der Waals surface area contributed by atoms with Gasteiger partial charge in [-0.15, -0.1) is 0 Å². The second-order valence-electron chi connectivity index (χ2n) is 7.01. The third kappa shape index (κ3) is 3.15. The predicted octanol–water partition coefficient (Wildman–Crippen LogP) is 1.47. The molecule has 1 saturated carbocycles. The molecule has 2 fully saturated rings. The average Bonchev–Trinajstić information content (AvgIpc) is 2.36. The minimum atomic E-state index is -0.755. The van der Waals surface area contributed by atoms with Gasteiger partial charge in [0.15, 0.2) is 0 Å². The Morgan fingerprint density at radius 2 is 2.15 bits per heavy atom. The third-order valence-corrected chi connectivity index (χ3v) is 4.73. The van der Waals surface area contributed by atoms with Crippen molar-refractivity contribution in [3.63, 3.8) is 0 Å². The monoisotopic (exact) mass is 284 g/mol. The maximum absolute atomic E-state index is 11.6. The topological polar surface area (TPSA) is 61.8 Å². The van der Waals surface area contributed by atoms with E-state index in [1.165, 1.54) is 0 Å². The Balaban J connectivity index is 2.10. The number of ether oxygens (including phenoxy) is 1. The van der Waals surface area contributed by atoms with Gasteiger partial charge in [0.2, 0.25) is 0 Å². The van der Waals surface area contributed by atoms with Crippen LogP contribution >= 0.6 is 0 Å². The number of morpholine rings is 1. The lowest BCUT2D eigenvalue weighted by Gasteiger charge is -2.48. The van der Waals surface area contributed by atoms with Crippen LogP contribution in [0.5, 0.6) is 0 Å². The first-order valence-corrected chi connectivity index (χ1v) is 7.62. The minimum Gasteiger partial charge on any atom is -0.480 e. The van der Waals surface area contributed by atoms with Gasteiger partial charge in [0.1, 0.15) is 5.54 Å². The summed E-state index contributed by atoms with van der Waals surface area (Å²) in [5.74, 6) is -0.717. The first-order valence-electron chi connectivity index (χ1n) is 7.62. The molecule has 2 aliphatic rings. The molecule has 116 valence electrons. The number of hydrogen-bond donors (Lipinski definition) is 2. The van der Waals surface area contributed by atoms with Gasteiger partial charge in [-0.3, -0.25) is 9.69 Å². The van der Waals surface area contributed by atoms with E-state index in [0.717, 1.165) is 32.4 Å². The van der Waals surface area contributed by atoms with Crippen molar-refractivity contribution in [1.29, 1.82) is 0 Å². The Morgan fingerprint density at radius 1 is 1.45 bits per heavy atom. The van der Waals surface area contributed by atoms with Crippen molar-refractivity contribution in [1.82, 2.24) is 10.2 Å². The SMILES string of the molecule is CNC1(C(=O)O)CCCC(N2CC(C)OC(C)(C)C2)C1. The van der Waals surface area contributed by atoms with Gasteiger partial charge in [-0.25, -0.2) is 0 Å². The highest BCUT2D eigenvalue weighted by molar-refractivity contribution is 5.79. The summed E-state index contributed by atoms with van der Waals surface area (Å²) in [4.78, 5) is 14.1. The normalized spacial score (nSPS) is 38.6. The van der Waals surface area contributed by atoms with Gasteiger partial charge in [-0.05, 0) is 53.5 Å². The van der Waals surface area contributed by atoms with E-state index in [2.05, 4.69) is 31.0 Å². The standard InChI is InChI=1S/C15H28N2O3/c1-11-9-17(10-14(2,3)20-11)12-6-5-7-15(8-12,16-4)13(18)19/h11-12,16H,5-10H2,1-4H3,(H,18,19). The van der Waals surface area contributed by atoms with Crippen LogP contribution < -0.4 is 5.32 Å². The highest BCUT2D eigenvalue weighted by Gasteiger charge is 2.45. The molecule has 3 atom stereocenters. The van der Waals surface area contributed by atoms with Gasteiger partial charge in [-0.2, -0.15) is 0 Å². The molecule has 0 amide bonds. The summed E-state index contributed by atoms with van der Waals surface area (Å²) in [5.41, 5.74) is -0.907. The summed E-state index contributed by atoms with van der Waals surface area (Å²) in [7, 11) is 1.77. The quantitative estimate of drug-likeness (QED) is 0.822. The number of carbonyl (C=O) groups is 1. The van der Waals surface area contributed by atoms with Gasteiger partial charge in [-0.1, -0.05) is 0 Å². The van der Waals surface area contributed by atoms with Gasteiger partial charge in [0.05, 0.1) is 11.7 Å². The molecule has 1 heterocycles. The highest BCUT2D eigenvalue weighted by atomic mass is 16.5. The molecule has 0 spiro atoms. The van der Waals surface area contributed by atoms with Gasteiger partial charge < -0.3 is 15.2 Å². The van der Waals surface area contributed by atoms with Crippen LogP contribution in [0, 0.1) is 0 Å². The molecule has 5 heteroatoms. The lowest BCUT2D eigenvalue weighted by Crippen LogP contribution is -2.61. The van der Waals surface area contributed by atoms with Crippen LogP contribution in [0.3, 0.4) is 0 Å². The van der Waals surface area contributed by atoms with E-state index in [4.69, 9.17) is 4.74 Å². The zero-order chi connectivity index (χ0) is 15.0. The van der Waals surface area contributed by atoms with Crippen molar-refractivity contribution in [2.45, 2.75) is 69.7 Å². The van der Waals surface area contributed by atoms with E-state index in [1.807, 2.05) is 0 Å². The van der Waals surface area contributed by atoms with Gasteiger partial charge >= 0.3 is 5.97 Å². The first-order chi connectivity index (χ1) is 9.28. The fourth-order valence-corrected chi connectivity index (χ4v) is 3.87. The van der Waals surface area contributed by atoms with Crippen LogP contribution in [0.1, 0.15) is 46.5 Å². The molecular weight excluding hydrogens is 256 g/mol. The molecule has 1 saturated heterocycles. The fraction of sp³-hybridized carbons (Fsp3) is 0.933. The number of carboxylic acid groups (broad SMARTS) is 1. The zero-order valence-electron chi connectivity index (χ0n) is 13.1. The van der Waals surface area contributed by atoms with Crippen LogP contribution in [0.15, 0.2) is 0 Å². The summed E-state index contributed by atoms with van der Waals surface area (Å²) in [6, 6.07) is 0.331. The Kier molecular flexibility index (Phi) is 4.42. The van der Waals surface area contributed by atoms with Crippen LogP contribution in [-0.2, 0) is 9.53 Å². The van der Waals surface area contributed by atoms with Crippen LogP contribution in [0.2, 0.25) is 0 Å². The Bertz CT molecular complexity index is 372. The van der Waals surface area contributed by atoms with Gasteiger partial charge in [0, 0.05) is 19.1 Å². The van der Waals surface area contributed by atoms with E-state index in [9.17, 15) is 9.90 Å². The van der Waals surface area contributed by atoms with Crippen LogP contribution in [0.25, 0.3) is 0 Å². The molecule has 0 bridgehead atoms. The number of aliphatic carboxylic acids is 1. The van der Waals surface area contributed by atoms with E-state index in [-0.39, 0.29) is 11.7 Å². The number of likely N-dealkylation sites (N-methyl/N-ethyl adjacent to an activating group) is 1. The molecule has 1 aliphatic heterocycles. The van der Waals surface area contributed by atoms with Crippen molar-refractivity contribution in [2.24, 2.45) is 0 Å². The first kappa shape index (κ1) is 15.7. The lowest BCUT2D eigenvalue weighted by atomic mass is 9.78. The molecular formula is C15H28N2O3.